The van der Waals surface area contributed by atoms with Gasteiger partial charge in [0.2, 0.25) is 5.91 Å². The van der Waals surface area contributed by atoms with E-state index >= 15 is 0 Å². The molecule has 1 aliphatic carbocycles. The summed E-state index contributed by atoms with van der Waals surface area (Å²) < 4.78 is 1.76. The van der Waals surface area contributed by atoms with E-state index in [2.05, 4.69) is 15.6 Å². The van der Waals surface area contributed by atoms with Crippen LogP contribution >= 0.6 is 12.4 Å². The zero-order valence-corrected chi connectivity index (χ0v) is 14.8. The second kappa shape index (κ2) is 7.77. The van der Waals surface area contributed by atoms with Crippen LogP contribution in [0.5, 0.6) is 0 Å². The molecule has 24 heavy (non-hydrogen) atoms. The molecule has 1 saturated carbocycles. The first-order chi connectivity index (χ1) is 11.0. The third-order valence-electron chi connectivity index (χ3n) is 4.36. The minimum Gasteiger partial charge on any atom is -0.354 e. The maximum atomic E-state index is 12.1. The van der Waals surface area contributed by atoms with Crippen molar-refractivity contribution in [1.29, 1.82) is 0 Å². The largest absolute Gasteiger partial charge is 0.354 e. The predicted molar refractivity (Wildman–Crippen MR) is 95.5 cm³/mol. The van der Waals surface area contributed by atoms with Gasteiger partial charge in [-0.2, -0.15) is 0 Å². The molecule has 1 aromatic heterocycles. The lowest BCUT2D eigenvalue weighted by atomic mass is 10.2. The average molecular weight is 350 g/mol. The molecular weight excluding hydrogens is 326 g/mol. The van der Waals surface area contributed by atoms with Gasteiger partial charge in [-0.1, -0.05) is 22.9 Å². The molecule has 3 N–H and O–H groups in total. The topological polar surface area (TPSA) is 85.8 Å². The Kier molecular flexibility index (Phi) is 5.96. The number of amides is 1. The van der Waals surface area contributed by atoms with Crippen LogP contribution < -0.4 is 11.1 Å². The molecule has 2 aromatic rings. The highest BCUT2D eigenvalue weighted by atomic mass is 35.5. The summed E-state index contributed by atoms with van der Waals surface area (Å²) in [7, 11) is 0. The fourth-order valence-electron chi connectivity index (χ4n) is 2.59. The number of carbonyl (C=O) groups is 1. The Morgan fingerprint density at radius 1 is 1.33 bits per heavy atom. The number of aromatic nitrogens is 3. The van der Waals surface area contributed by atoms with E-state index in [0.717, 1.165) is 11.4 Å². The van der Waals surface area contributed by atoms with Crippen molar-refractivity contribution in [3.63, 3.8) is 0 Å². The molecule has 1 aromatic carbocycles. The van der Waals surface area contributed by atoms with Gasteiger partial charge in [-0.3, -0.25) is 4.79 Å². The molecule has 0 spiro atoms. The summed E-state index contributed by atoms with van der Waals surface area (Å²) in [6.07, 6.45) is 2.59. The first-order valence-corrected chi connectivity index (χ1v) is 8.05. The highest BCUT2D eigenvalue weighted by Crippen LogP contribution is 2.31. The number of halogens is 1. The Morgan fingerprint density at radius 2 is 2.00 bits per heavy atom. The van der Waals surface area contributed by atoms with Crippen LogP contribution in [-0.4, -0.2) is 33.5 Å². The van der Waals surface area contributed by atoms with E-state index in [1.165, 1.54) is 18.4 Å². The third-order valence-corrected chi connectivity index (χ3v) is 4.36. The highest BCUT2D eigenvalue weighted by Gasteiger charge is 2.28. The van der Waals surface area contributed by atoms with Gasteiger partial charge in [-0.05, 0) is 44.7 Å². The summed E-state index contributed by atoms with van der Waals surface area (Å²) in [5.41, 5.74) is 9.72. The number of nitrogens with zero attached hydrogens (tertiary/aromatic N) is 3. The molecule has 0 aliphatic heterocycles. The maximum absolute atomic E-state index is 12.1. The van der Waals surface area contributed by atoms with Crippen LogP contribution in [0.25, 0.3) is 5.69 Å². The van der Waals surface area contributed by atoms with Crippen molar-refractivity contribution in [2.45, 2.75) is 39.2 Å². The monoisotopic (exact) mass is 349 g/mol. The van der Waals surface area contributed by atoms with Crippen molar-refractivity contribution in [2.75, 3.05) is 6.54 Å². The van der Waals surface area contributed by atoms with E-state index in [-0.39, 0.29) is 30.8 Å². The van der Waals surface area contributed by atoms with Crippen molar-refractivity contribution >= 4 is 18.3 Å². The van der Waals surface area contributed by atoms with E-state index in [1.807, 2.05) is 38.1 Å². The van der Waals surface area contributed by atoms with Gasteiger partial charge < -0.3 is 11.1 Å². The second-order valence-corrected chi connectivity index (χ2v) is 6.35. The van der Waals surface area contributed by atoms with Gasteiger partial charge in [-0.15, -0.1) is 17.5 Å². The molecule has 1 atom stereocenters. The summed E-state index contributed by atoms with van der Waals surface area (Å²) in [6, 6.07) is 8.12. The van der Waals surface area contributed by atoms with Gasteiger partial charge in [0.05, 0.1) is 23.5 Å². The molecule has 3 rings (SSSR count). The Balaban J connectivity index is 0.00000208. The second-order valence-electron chi connectivity index (χ2n) is 6.35. The van der Waals surface area contributed by atoms with Gasteiger partial charge in [0.15, 0.2) is 0 Å². The lowest BCUT2D eigenvalue weighted by Gasteiger charge is -2.11. The molecule has 1 unspecified atom stereocenters. The van der Waals surface area contributed by atoms with Gasteiger partial charge in [0.1, 0.15) is 0 Å². The van der Waals surface area contributed by atoms with Crippen molar-refractivity contribution < 1.29 is 4.79 Å². The maximum Gasteiger partial charge on any atom is 0.226 e. The van der Waals surface area contributed by atoms with E-state index in [9.17, 15) is 4.79 Å². The fraction of sp³-hybridized carbons (Fsp3) is 0.471. The van der Waals surface area contributed by atoms with E-state index in [4.69, 9.17) is 5.73 Å². The summed E-state index contributed by atoms with van der Waals surface area (Å²) in [5, 5.41) is 11.2. The van der Waals surface area contributed by atoms with Crippen LogP contribution in [0.4, 0.5) is 0 Å². The summed E-state index contributed by atoms with van der Waals surface area (Å²) in [4.78, 5) is 12.1. The van der Waals surface area contributed by atoms with E-state index < -0.39 is 0 Å². The minimum atomic E-state index is -0.0554. The van der Waals surface area contributed by atoms with E-state index in [1.54, 1.807) is 4.68 Å². The van der Waals surface area contributed by atoms with Gasteiger partial charge >= 0.3 is 0 Å². The molecule has 1 amide bonds. The average Bonchev–Trinajstić information content (AvgIpc) is 3.32. The molecule has 6 nitrogen and oxygen atoms in total. The minimum absolute atomic E-state index is 0. The van der Waals surface area contributed by atoms with Gasteiger partial charge in [0, 0.05) is 12.6 Å². The number of benzene rings is 1. The number of hydrogen-bond donors (Lipinski definition) is 2. The number of hydrogen-bond acceptors (Lipinski definition) is 4. The lowest BCUT2D eigenvalue weighted by molar-refractivity contribution is -0.120. The Hall–Kier alpha value is -1.92. The number of carbonyl (C=O) groups excluding carboxylic acids is 1. The smallest absolute Gasteiger partial charge is 0.226 e. The third kappa shape index (κ3) is 4.33. The first kappa shape index (κ1) is 18.4. The molecule has 1 fully saturated rings. The highest BCUT2D eigenvalue weighted by molar-refractivity contribution is 5.85. The Morgan fingerprint density at radius 3 is 2.62 bits per heavy atom. The molecule has 1 heterocycles. The van der Waals surface area contributed by atoms with Crippen LogP contribution in [0.15, 0.2) is 24.3 Å². The Bertz CT molecular complexity index is 694. The molecule has 7 heteroatoms. The Labute approximate surface area is 148 Å². The zero-order chi connectivity index (χ0) is 16.4. The van der Waals surface area contributed by atoms with Crippen LogP contribution in [0.2, 0.25) is 0 Å². The standard InChI is InChI=1S/C17H23N5O.ClH/c1-11-3-7-14(8-4-11)22-12(2)16(20-21-22)9-17(23)19-10-15(18)13-5-6-13;/h3-4,7-8,13,15H,5-6,9-10,18H2,1-2H3,(H,19,23);1H. The summed E-state index contributed by atoms with van der Waals surface area (Å²) >= 11 is 0. The lowest BCUT2D eigenvalue weighted by Crippen LogP contribution is -2.39. The summed E-state index contributed by atoms with van der Waals surface area (Å²) in [6.45, 7) is 4.51. The molecular formula is C17H24ClN5O. The van der Waals surface area contributed by atoms with Crippen molar-refractivity contribution in [2.24, 2.45) is 11.7 Å². The number of aryl methyl sites for hydroxylation is 1. The number of rotatable bonds is 6. The zero-order valence-electron chi connectivity index (χ0n) is 14.0. The SMILES string of the molecule is Cc1ccc(-n2nnc(CC(=O)NCC(N)C3CC3)c2C)cc1.Cl. The number of nitrogens with one attached hydrogen (secondary N) is 1. The van der Waals surface area contributed by atoms with Crippen molar-refractivity contribution in [3.05, 3.63) is 41.2 Å². The molecule has 0 radical (unpaired) electrons. The number of nitrogens with two attached hydrogens (primary N) is 1. The molecule has 0 saturated heterocycles. The predicted octanol–water partition coefficient (Wildman–Crippen LogP) is 1.70. The van der Waals surface area contributed by atoms with Crippen molar-refractivity contribution in [1.82, 2.24) is 20.3 Å². The molecule has 1 aliphatic rings. The van der Waals surface area contributed by atoms with Crippen LogP contribution in [-0.2, 0) is 11.2 Å². The van der Waals surface area contributed by atoms with Crippen LogP contribution in [0, 0.1) is 19.8 Å². The van der Waals surface area contributed by atoms with Crippen LogP contribution in [0.3, 0.4) is 0 Å². The van der Waals surface area contributed by atoms with Crippen molar-refractivity contribution in [3.8, 4) is 5.69 Å². The van der Waals surface area contributed by atoms with E-state index in [0.29, 0.717) is 18.2 Å². The summed E-state index contributed by atoms with van der Waals surface area (Å²) in [5.74, 6) is 0.527. The molecule has 0 bridgehead atoms. The van der Waals surface area contributed by atoms with Gasteiger partial charge in [-0.25, -0.2) is 4.68 Å². The normalized spacial score (nSPS) is 14.8. The van der Waals surface area contributed by atoms with Crippen LogP contribution in [0.1, 0.15) is 29.8 Å². The fourth-order valence-corrected chi connectivity index (χ4v) is 2.59. The first-order valence-electron chi connectivity index (χ1n) is 8.05. The van der Waals surface area contributed by atoms with Gasteiger partial charge in [0.25, 0.3) is 0 Å². The quantitative estimate of drug-likeness (QED) is 0.831. The molecule has 130 valence electrons.